The van der Waals surface area contributed by atoms with Gasteiger partial charge in [-0.05, 0) is 64.2 Å². The van der Waals surface area contributed by atoms with Gasteiger partial charge in [0.1, 0.15) is 11.4 Å². The van der Waals surface area contributed by atoms with Gasteiger partial charge in [0.2, 0.25) is 5.91 Å². The SMILES string of the molecule is COc1cccc(C2CCCN2C(=O)C2CCN(C(=O)OC(C)(C)C)CC2)c1. The summed E-state index contributed by atoms with van der Waals surface area (Å²) in [7, 11) is 1.66. The summed E-state index contributed by atoms with van der Waals surface area (Å²) < 4.78 is 10.8. The van der Waals surface area contributed by atoms with Gasteiger partial charge in [0.05, 0.1) is 13.2 Å². The van der Waals surface area contributed by atoms with Gasteiger partial charge in [-0.25, -0.2) is 4.79 Å². The molecule has 154 valence electrons. The van der Waals surface area contributed by atoms with Crippen molar-refractivity contribution in [1.82, 2.24) is 9.80 Å². The number of amides is 2. The Hall–Kier alpha value is -2.24. The molecule has 0 spiro atoms. The van der Waals surface area contributed by atoms with Gasteiger partial charge < -0.3 is 19.3 Å². The maximum absolute atomic E-state index is 13.2. The number of rotatable bonds is 3. The van der Waals surface area contributed by atoms with Gasteiger partial charge in [-0.3, -0.25) is 4.79 Å². The second kappa shape index (κ2) is 8.41. The standard InChI is InChI=1S/C22H32N2O4/c1-22(2,3)28-21(26)23-13-10-16(11-14-23)20(25)24-12-6-9-19(24)17-7-5-8-18(15-17)27-4/h5,7-8,15-16,19H,6,9-14H2,1-4H3. The van der Waals surface area contributed by atoms with Crippen LogP contribution in [-0.2, 0) is 9.53 Å². The normalized spacial score (nSPS) is 20.9. The number of hydrogen-bond donors (Lipinski definition) is 0. The number of nitrogens with zero attached hydrogens (tertiary/aromatic N) is 2. The number of ether oxygens (including phenoxy) is 2. The van der Waals surface area contributed by atoms with Crippen LogP contribution in [0.25, 0.3) is 0 Å². The second-order valence-corrected chi connectivity index (χ2v) is 8.71. The summed E-state index contributed by atoms with van der Waals surface area (Å²) in [5.41, 5.74) is 0.639. The number of benzene rings is 1. The Kier molecular flexibility index (Phi) is 6.16. The predicted molar refractivity (Wildman–Crippen MR) is 107 cm³/mol. The fourth-order valence-electron chi connectivity index (χ4n) is 4.10. The third-order valence-corrected chi connectivity index (χ3v) is 5.51. The molecule has 2 fully saturated rings. The maximum Gasteiger partial charge on any atom is 0.410 e. The molecule has 3 rings (SSSR count). The van der Waals surface area contributed by atoms with Crippen LogP contribution in [0.4, 0.5) is 4.79 Å². The minimum Gasteiger partial charge on any atom is -0.497 e. The van der Waals surface area contributed by atoms with Crippen molar-refractivity contribution in [1.29, 1.82) is 0 Å². The maximum atomic E-state index is 13.2. The van der Waals surface area contributed by atoms with Crippen molar-refractivity contribution >= 4 is 12.0 Å². The number of methoxy groups -OCH3 is 1. The van der Waals surface area contributed by atoms with Gasteiger partial charge in [0.25, 0.3) is 0 Å². The Morgan fingerprint density at radius 3 is 2.43 bits per heavy atom. The van der Waals surface area contributed by atoms with E-state index in [4.69, 9.17) is 9.47 Å². The van der Waals surface area contributed by atoms with Crippen LogP contribution < -0.4 is 4.74 Å². The molecule has 2 amide bonds. The molecular weight excluding hydrogens is 356 g/mol. The lowest BCUT2D eigenvalue weighted by Crippen LogP contribution is -2.45. The molecule has 2 heterocycles. The third kappa shape index (κ3) is 4.78. The topological polar surface area (TPSA) is 59.1 Å². The average Bonchev–Trinajstić information content (AvgIpc) is 3.16. The molecule has 2 saturated heterocycles. The van der Waals surface area contributed by atoms with E-state index in [9.17, 15) is 9.59 Å². The monoisotopic (exact) mass is 388 g/mol. The van der Waals surface area contributed by atoms with Crippen LogP contribution in [-0.4, -0.2) is 54.1 Å². The Bertz CT molecular complexity index is 705. The van der Waals surface area contributed by atoms with Crippen molar-refractivity contribution in [2.24, 2.45) is 5.92 Å². The van der Waals surface area contributed by atoms with Crippen molar-refractivity contribution in [3.8, 4) is 5.75 Å². The molecule has 1 atom stereocenters. The Balaban J connectivity index is 1.60. The van der Waals surface area contributed by atoms with E-state index in [0.29, 0.717) is 25.9 Å². The van der Waals surface area contributed by atoms with Crippen molar-refractivity contribution in [2.45, 2.75) is 58.1 Å². The molecule has 6 heteroatoms. The lowest BCUT2D eigenvalue weighted by molar-refractivity contribution is -0.138. The smallest absolute Gasteiger partial charge is 0.410 e. The molecule has 2 aliphatic heterocycles. The van der Waals surface area contributed by atoms with E-state index in [2.05, 4.69) is 6.07 Å². The van der Waals surface area contributed by atoms with Crippen LogP contribution in [0.2, 0.25) is 0 Å². The summed E-state index contributed by atoms with van der Waals surface area (Å²) in [5, 5.41) is 0. The van der Waals surface area contributed by atoms with Crippen LogP contribution in [0.1, 0.15) is 58.1 Å². The molecule has 1 aromatic rings. The quantitative estimate of drug-likeness (QED) is 0.785. The van der Waals surface area contributed by atoms with Gasteiger partial charge >= 0.3 is 6.09 Å². The lowest BCUT2D eigenvalue weighted by atomic mass is 9.94. The molecular formula is C22H32N2O4. The summed E-state index contributed by atoms with van der Waals surface area (Å²) in [6, 6.07) is 8.13. The van der Waals surface area contributed by atoms with E-state index < -0.39 is 5.60 Å². The van der Waals surface area contributed by atoms with E-state index in [1.807, 2.05) is 43.9 Å². The highest BCUT2D eigenvalue weighted by Gasteiger charge is 2.36. The van der Waals surface area contributed by atoms with Gasteiger partial charge in [-0.15, -0.1) is 0 Å². The molecule has 0 bridgehead atoms. The minimum atomic E-state index is -0.497. The number of likely N-dealkylation sites (tertiary alicyclic amines) is 2. The molecule has 1 aromatic carbocycles. The molecule has 1 unspecified atom stereocenters. The first kappa shape index (κ1) is 20.5. The Morgan fingerprint density at radius 2 is 1.79 bits per heavy atom. The van der Waals surface area contributed by atoms with E-state index in [1.165, 1.54) is 0 Å². The summed E-state index contributed by atoms with van der Waals surface area (Å²) in [6.45, 7) is 7.55. The lowest BCUT2D eigenvalue weighted by Gasteiger charge is -2.35. The first-order valence-corrected chi connectivity index (χ1v) is 10.2. The van der Waals surface area contributed by atoms with Crippen LogP contribution >= 0.6 is 0 Å². The van der Waals surface area contributed by atoms with Gasteiger partial charge in [0.15, 0.2) is 0 Å². The van der Waals surface area contributed by atoms with Gasteiger partial charge in [-0.1, -0.05) is 12.1 Å². The second-order valence-electron chi connectivity index (χ2n) is 8.71. The Morgan fingerprint density at radius 1 is 1.07 bits per heavy atom. The number of hydrogen-bond acceptors (Lipinski definition) is 4. The van der Waals surface area contributed by atoms with E-state index in [-0.39, 0.29) is 24.0 Å². The van der Waals surface area contributed by atoms with Gasteiger partial charge in [-0.2, -0.15) is 0 Å². The minimum absolute atomic E-state index is 0.0232. The highest BCUT2D eigenvalue weighted by Crippen LogP contribution is 2.35. The first-order valence-electron chi connectivity index (χ1n) is 10.2. The van der Waals surface area contributed by atoms with E-state index >= 15 is 0 Å². The molecule has 0 aromatic heterocycles. The van der Waals surface area contributed by atoms with Crippen molar-refractivity contribution in [3.05, 3.63) is 29.8 Å². The molecule has 0 N–H and O–H groups in total. The Labute approximate surface area is 167 Å². The summed E-state index contributed by atoms with van der Waals surface area (Å²) in [6.07, 6.45) is 3.10. The van der Waals surface area contributed by atoms with Crippen molar-refractivity contribution in [2.75, 3.05) is 26.7 Å². The third-order valence-electron chi connectivity index (χ3n) is 5.51. The molecule has 0 radical (unpaired) electrons. The van der Waals surface area contributed by atoms with Crippen LogP contribution in [0.5, 0.6) is 5.75 Å². The van der Waals surface area contributed by atoms with E-state index in [1.54, 1.807) is 12.0 Å². The highest BCUT2D eigenvalue weighted by molar-refractivity contribution is 5.80. The molecule has 2 aliphatic rings. The number of carbonyl (C=O) groups excluding carboxylic acids is 2. The first-order chi connectivity index (χ1) is 13.3. The van der Waals surface area contributed by atoms with Crippen LogP contribution in [0.3, 0.4) is 0 Å². The van der Waals surface area contributed by atoms with Gasteiger partial charge in [0, 0.05) is 25.6 Å². The molecule has 0 saturated carbocycles. The van der Waals surface area contributed by atoms with Crippen LogP contribution in [0, 0.1) is 5.92 Å². The van der Waals surface area contributed by atoms with Crippen molar-refractivity contribution < 1.29 is 19.1 Å². The largest absolute Gasteiger partial charge is 0.497 e. The van der Waals surface area contributed by atoms with Crippen LogP contribution in [0.15, 0.2) is 24.3 Å². The highest BCUT2D eigenvalue weighted by atomic mass is 16.6. The summed E-state index contributed by atoms with van der Waals surface area (Å²) in [5.74, 6) is 1.02. The average molecular weight is 389 g/mol. The summed E-state index contributed by atoms with van der Waals surface area (Å²) in [4.78, 5) is 29.2. The van der Waals surface area contributed by atoms with E-state index in [0.717, 1.165) is 30.7 Å². The molecule has 0 aliphatic carbocycles. The predicted octanol–water partition coefficient (Wildman–Crippen LogP) is 4.01. The molecule has 6 nitrogen and oxygen atoms in total. The zero-order chi connectivity index (χ0) is 20.3. The number of carbonyl (C=O) groups is 2. The van der Waals surface area contributed by atoms with Crippen molar-refractivity contribution in [3.63, 3.8) is 0 Å². The number of piperidine rings is 1. The zero-order valence-corrected chi connectivity index (χ0v) is 17.4. The molecule has 28 heavy (non-hydrogen) atoms. The summed E-state index contributed by atoms with van der Waals surface area (Å²) >= 11 is 0. The zero-order valence-electron chi connectivity index (χ0n) is 17.4. The fourth-order valence-corrected chi connectivity index (χ4v) is 4.10. The fraction of sp³-hybridized carbons (Fsp3) is 0.636.